The average Bonchev–Trinajstić information content (AvgIpc) is 3.31. The number of piperazine rings is 1. The fourth-order valence-electron chi connectivity index (χ4n) is 5.27. The van der Waals surface area contributed by atoms with Crippen molar-refractivity contribution >= 4 is 27.8 Å². The summed E-state index contributed by atoms with van der Waals surface area (Å²) in [6.07, 6.45) is 2.32. The number of para-hydroxylation sites is 1. The first kappa shape index (κ1) is 25.1. The zero-order valence-electron chi connectivity index (χ0n) is 22.1. The summed E-state index contributed by atoms with van der Waals surface area (Å²) in [5, 5.41) is 19.8. The van der Waals surface area contributed by atoms with Crippen LogP contribution in [0, 0.1) is 5.82 Å². The summed E-state index contributed by atoms with van der Waals surface area (Å²) in [5.74, 6) is -0.127. The van der Waals surface area contributed by atoms with Crippen molar-refractivity contribution in [2.75, 3.05) is 52.1 Å². The topological polar surface area (TPSA) is 95.2 Å². The first-order valence-electron chi connectivity index (χ1n) is 13.2. The molecule has 0 bridgehead atoms. The van der Waals surface area contributed by atoms with Crippen LogP contribution in [-0.4, -0.2) is 86.5 Å². The molecule has 0 radical (unpaired) electrons. The molecule has 0 amide bonds. The van der Waals surface area contributed by atoms with Crippen molar-refractivity contribution in [2.45, 2.75) is 13.0 Å². The van der Waals surface area contributed by atoms with Crippen molar-refractivity contribution < 1.29 is 9.50 Å². The molecule has 0 aliphatic carbocycles. The summed E-state index contributed by atoms with van der Waals surface area (Å²) in [7, 11) is 3.94. The van der Waals surface area contributed by atoms with Crippen LogP contribution in [0.5, 0.6) is 5.75 Å². The summed E-state index contributed by atoms with van der Waals surface area (Å²) in [4.78, 5) is 18.8. The molecule has 1 aliphatic rings. The van der Waals surface area contributed by atoms with Gasteiger partial charge in [-0.3, -0.25) is 4.98 Å². The Morgan fingerprint density at radius 1 is 1.03 bits per heavy atom. The maximum absolute atomic E-state index is 14.3. The zero-order chi connectivity index (χ0) is 26.9. The minimum atomic E-state index is -0.541. The maximum atomic E-state index is 14.3. The molecule has 6 rings (SSSR count). The van der Waals surface area contributed by atoms with Gasteiger partial charge in [0.05, 0.1) is 17.4 Å². The van der Waals surface area contributed by atoms with Crippen molar-refractivity contribution in [3.05, 3.63) is 71.9 Å². The predicted octanol–water partition coefficient (Wildman–Crippen LogP) is 3.77. The van der Waals surface area contributed by atoms with Gasteiger partial charge in [0.1, 0.15) is 29.4 Å². The summed E-state index contributed by atoms with van der Waals surface area (Å²) >= 11 is 0. The van der Waals surface area contributed by atoms with Gasteiger partial charge in [0.2, 0.25) is 0 Å². The number of phenols is 1. The molecular formula is C29H31FN8O. The van der Waals surface area contributed by atoms with E-state index < -0.39 is 5.82 Å². The third kappa shape index (κ3) is 5.13. The first-order valence-corrected chi connectivity index (χ1v) is 13.2. The van der Waals surface area contributed by atoms with Crippen LogP contribution in [0.25, 0.3) is 33.2 Å². The van der Waals surface area contributed by atoms with Crippen LogP contribution in [0.4, 0.5) is 10.2 Å². The fourth-order valence-corrected chi connectivity index (χ4v) is 5.27. The van der Waals surface area contributed by atoms with E-state index in [1.54, 1.807) is 7.05 Å². The number of hydrogen-bond donors (Lipinski definition) is 2. The number of aromatic hydroxyl groups is 1. The van der Waals surface area contributed by atoms with Crippen LogP contribution >= 0.6 is 0 Å². The second kappa shape index (κ2) is 10.5. The summed E-state index contributed by atoms with van der Waals surface area (Å²) < 4.78 is 16.1. The highest BCUT2D eigenvalue weighted by Crippen LogP contribution is 2.34. The highest BCUT2D eigenvalue weighted by Gasteiger charge is 2.21. The fraction of sp³-hybridized carbons (Fsp3) is 0.310. The summed E-state index contributed by atoms with van der Waals surface area (Å²) in [6.45, 7) is 5.62. The second-order valence-corrected chi connectivity index (χ2v) is 10.1. The van der Waals surface area contributed by atoms with Gasteiger partial charge in [-0.15, -0.1) is 0 Å². The molecule has 10 heteroatoms. The number of hydrogen-bond acceptors (Lipinski definition) is 8. The number of benzene rings is 2. The Morgan fingerprint density at radius 2 is 1.85 bits per heavy atom. The van der Waals surface area contributed by atoms with E-state index in [9.17, 15) is 9.50 Å². The van der Waals surface area contributed by atoms with E-state index in [0.717, 1.165) is 67.4 Å². The number of nitrogens with zero attached hydrogens (tertiary/aromatic N) is 7. The molecule has 1 saturated heterocycles. The molecule has 200 valence electrons. The molecular weight excluding hydrogens is 495 g/mol. The lowest BCUT2D eigenvalue weighted by atomic mass is 10.1. The van der Waals surface area contributed by atoms with E-state index in [4.69, 9.17) is 10.1 Å². The number of anilines is 1. The Kier molecular flexibility index (Phi) is 6.80. The lowest BCUT2D eigenvalue weighted by molar-refractivity contribution is 0.155. The molecule has 5 aromatic rings. The maximum Gasteiger partial charge on any atom is 0.164 e. The van der Waals surface area contributed by atoms with Gasteiger partial charge in [-0.1, -0.05) is 18.2 Å². The standard InChI is InChI=1S/C29H31FN8O/c1-31-28-26-27(20-14-22(30)16-23(39)15-20)35-38(29(26)33-18-32-28)17-21-13-19-5-3-4-6-24(19)34-25(21)7-8-37-11-9-36(2)10-12-37/h3-6,13-16,18,39H,7-12,17H2,1-2H3,(H,31,32,33). The number of rotatable bonds is 7. The molecule has 4 heterocycles. The average molecular weight is 527 g/mol. The van der Waals surface area contributed by atoms with Gasteiger partial charge in [0.25, 0.3) is 0 Å². The van der Waals surface area contributed by atoms with Crippen LogP contribution in [-0.2, 0) is 13.0 Å². The summed E-state index contributed by atoms with van der Waals surface area (Å²) in [6, 6.07) is 14.3. The monoisotopic (exact) mass is 526 g/mol. The van der Waals surface area contributed by atoms with Gasteiger partial charge in [0.15, 0.2) is 5.65 Å². The van der Waals surface area contributed by atoms with E-state index >= 15 is 0 Å². The van der Waals surface area contributed by atoms with Crippen molar-refractivity contribution in [1.82, 2.24) is 34.5 Å². The third-order valence-corrected chi connectivity index (χ3v) is 7.40. The molecule has 1 aliphatic heterocycles. The molecule has 0 atom stereocenters. The largest absolute Gasteiger partial charge is 0.508 e. The van der Waals surface area contributed by atoms with Gasteiger partial charge in [-0.25, -0.2) is 19.0 Å². The van der Waals surface area contributed by atoms with Crippen LogP contribution < -0.4 is 5.32 Å². The number of phenolic OH excluding ortho intramolecular Hbond substituents is 1. The molecule has 3 aromatic heterocycles. The molecule has 1 fully saturated rings. The Labute approximate surface area is 225 Å². The van der Waals surface area contributed by atoms with Crippen LogP contribution in [0.3, 0.4) is 0 Å². The predicted molar refractivity (Wildman–Crippen MR) is 150 cm³/mol. The van der Waals surface area contributed by atoms with E-state index in [1.807, 2.05) is 22.9 Å². The smallest absolute Gasteiger partial charge is 0.164 e. The van der Waals surface area contributed by atoms with Crippen molar-refractivity contribution in [3.63, 3.8) is 0 Å². The van der Waals surface area contributed by atoms with Crippen molar-refractivity contribution in [2.24, 2.45) is 0 Å². The lowest BCUT2D eigenvalue weighted by Crippen LogP contribution is -2.45. The molecule has 0 unspecified atom stereocenters. The van der Waals surface area contributed by atoms with E-state index in [-0.39, 0.29) is 5.75 Å². The normalized spacial score (nSPS) is 14.8. The second-order valence-electron chi connectivity index (χ2n) is 10.1. The molecule has 0 saturated carbocycles. The van der Waals surface area contributed by atoms with Crippen LogP contribution in [0.2, 0.25) is 0 Å². The van der Waals surface area contributed by atoms with Crippen molar-refractivity contribution in [1.29, 1.82) is 0 Å². The third-order valence-electron chi connectivity index (χ3n) is 7.40. The Hall–Kier alpha value is -4.15. The van der Waals surface area contributed by atoms with Gasteiger partial charge >= 0.3 is 0 Å². The summed E-state index contributed by atoms with van der Waals surface area (Å²) in [5.41, 5.74) is 4.63. The molecule has 2 aromatic carbocycles. The molecule has 2 N–H and O–H groups in total. The molecule has 9 nitrogen and oxygen atoms in total. The van der Waals surface area contributed by atoms with E-state index in [0.29, 0.717) is 34.7 Å². The first-order chi connectivity index (χ1) is 19.0. The number of pyridine rings is 1. The number of likely N-dealkylation sites (N-methyl/N-ethyl adjacent to an activating group) is 1. The Bertz CT molecular complexity index is 1620. The number of halogens is 1. The number of nitrogens with one attached hydrogen (secondary N) is 1. The Morgan fingerprint density at radius 3 is 2.64 bits per heavy atom. The van der Waals surface area contributed by atoms with Gasteiger partial charge in [0, 0.05) is 68.9 Å². The number of fused-ring (bicyclic) bond motifs is 2. The van der Waals surface area contributed by atoms with E-state index in [1.165, 1.54) is 18.5 Å². The molecule has 0 spiro atoms. The minimum Gasteiger partial charge on any atom is -0.508 e. The minimum absolute atomic E-state index is 0.166. The number of aromatic nitrogens is 5. The lowest BCUT2D eigenvalue weighted by Gasteiger charge is -2.32. The van der Waals surface area contributed by atoms with Crippen LogP contribution in [0.15, 0.2) is 54.9 Å². The highest BCUT2D eigenvalue weighted by atomic mass is 19.1. The van der Waals surface area contributed by atoms with Gasteiger partial charge < -0.3 is 20.2 Å². The van der Waals surface area contributed by atoms with E-state index in [2.05, 4.69) is 44.3 Å². The zero-order valence-corrected chi connectivity index (χ0v) is 22.1. The Balaban J connectivity index is 1.42. The quantitative estimate of drug-likeness (QED) is 0.331. The molecule has 39 heavy (non-hydrogen) atoms. The van der Waals surface area contributed by atoms with Crippen molar-refractivity contribution in [3.8, 4) is 17.0 Å². The van der Waals surface area contributed by atoms with Gasteiger partial charge in [-0.2, -0.15) is 5.10 Å². The van der Waals surface area contributed by atoms with Crippen LogP contribution in [0.1, 0.15) is 11.3 Å². The SMILES string of the molecule is CNc1ncnc2c1c(-c1cc(O)cc(F)c1)nn2Cc1cc2ccccc2nc1CCN1CCN(C)CC1. The van der Waals surface area contributed by atoms with Gasteiger partial charge in [-0.05, 0) is 36.9 Å². The highest BCUT2D eigenvalue weighted by molar-refractivity contribution is 5.99.